The van der Waals surface area contributed by atoms with Crippen molar-refractivity contribution in [1.82, 2.24) is 5.32 Å². The van der Waals surface area contributed by atoms with Gasteiger partial charge in [0, 0.05) is 24.2 Å². The normalized spacial score (nSPS) is 11.8. The van der Waals surface area contributed by atoms with E-state index in [9.17, 15) is 4.79 Å². The van der Waals surface area contributed by atoms with Crippen molar-refractivity contribution >= 4 is 17.5 Å². The Morgan fingerprint density at radius 1 is 1.18 bits per heavy atom. The van der Waals surface area contributed by atoms with Crippen LogP contribution in [0, 0.1) is 0 Å². The number of benzene rings is 2. The Hall–Kier alpha value is -2.04. The van der Waals surface area contributed by atoms with E-state index in [4.69, 9.17) is 21.1 Å². The predicted octanol–water partition coefficient (Wildman–Crippen LogP) is 3.47. The number of amides is 1. The fraction of sp³-hybridized carbons (Fsp3) is 0.235. The third-order valence-corrected chi connectivity index (χ3v) is 3.56. The summed E-state index contributed by atoms with van der Waals surface area (Å²) in [6.07, 6.45) is -0.244. The van der Waals surface area contributed by atoms with Crippen LogP contribution in [0.1, 0.15) is 22.0 Å². The van der Waals surface area contributed by atoms with Gasteiger partial charge in [0.2, 0.25) is 0 Å². The maximum absolute atomic E-state index is 12.1. The van der Waals surface area contributed by atoms with Gasteiger partial charge in [-0.1, -0.05) is 23.7 Å². The minimum atomic E-state index is -0.244. The minimum absolute atomic E-state index is 0.165. The molecule has 1 N–H and O–H groups in total. The van der Waals surface area contributed by atoms with Crippen molar-refractivity contribution in [3.05, 3.63) is 64.7 Å². The maximum Gasteiger partial charge on any atom is 0.251 e. The summed E-state index contributed by atoms with van der Waals surface area (Å²) >= 11 is 5.81. The van der Waals surface area contributed by atoms with Crippen LogP contribution in [0.15, 0.2) is 48.5 Å². The molecular weight excluding hydrogens is 302 g/mol. The molecule has 0 heterocycles. The van der Waals surface area contributed by atoms with E-state index in [0.29, 0.717) is 17.1 Å². The van der Waals surface area contributed by atoms with Crippen molar-refractivity contribution in [3.8, 4) is 5.75 Å². The van der Waals surface area contributed by atoms with Gasteiger partial charge in [-0.15, -0.1) is 0 Å². The summed E-state index contributed by atoms with van der Waals surface area (Å²) in [4.78, 5) is 12.1. The summed E-state index contributed by atoms with van der Waals surface area (Å²) in [7, 11) is 3.22. The Labute approximate surface area is 135 Å². The van der Waals surface area contributed by atoms with Gasteiger partial charge < -0.3 is 14.8 Å². The highest BCUT2D eigenvalue weighted by Crippen LogP contribution is 2.21. The zero-order chi connectivity index (χ0) is 15.9. The number of nitrogens with one attached hydrogen (secondary N) is 1. The molecule has 0 aliphatic carbocycles. The summed E-state index contributed by atoms with van der Waals surface area (Å²) in [5, 5.41) is 3.46. The van der Waals surface area contributed by atoms with Crippen molar-refractivity contribution in [3.63, 3.8) is 0 Å². The van der Waals surface area contributed by atoms with E-state index in [0.717, 1.165) is 11.3 Å². The summed E-state index contributed by atoms with van der Waals surface area (Å²) in [6.45, 7) is 0.366. The lowest BCUT2D eigenvalue weighted by molar-refractivity contribution is 0.0827. The number of hydrogen-bond acceptors (Lipinski definition) is 3. The topological polar surface area (TPSA) is 47.6 Å². The second-order valence-electron chi connectivity index (χ2n) is 4.72. The van der Waals surface area contributed by atoms with Crippen LogP contribution in [0.4, 0.5) is 0 Å². The van der Waals surface area contributed by atoms with Crippen LogP contribution in [-0.2, 0) is 4.74 Å². The Kier molecular flexibility index (Phi) is 5.81. The molecule has 22 heavy (non-hydrogen) atoms. The first-order chi connectivity index (χ1) is 10.6. The van der Waals surface area contributed by atoms with Gasteiger partial charge in [0.1, 0.15) is 5.75 Å². The Balaban J connectivity index is 2.01. The van der Waals surface area contributed by atoms with Crippen molar-refractivity contribution in [2.45, 2.75) is 6.10 Å². The molecule has 1 atom stereocenters. The molecule has 116 valence electrons. The highest BCUT2D eigenvalue weighted by Gasteiger charge is 2.13. The number of halogens is 1. The third-order valence-electron chi connectivity index (χ3n) is 3.30. The number of carbonyl (C=O) groups is 1. The molecule has 0 bridgehead atoms. The number of methoxy groups -OCH3 is 2. The van der Waals surface area contributed by atoms with Gasteiger partial charge in [-0.25, -0.2) is 0 Å². The monoisotopic (exact) mass is 319 g/mol. The smallest absolute Gasteiger partial charge is 0.251 e. The molecule has 4 nitrogen and oxygen atoms in total. The van der Waals surface area contributed by atoms with E-state index in [1.165, 1.54) is 0 Å². The Morgan fingerprint density at radius 2 is 1.91 bits per heavy atom. The van der Waals surface area contributed by atoms with E-state index in [2.05, 4.69) is 5.32 Å². The van der Waals surface area contributed by atoms with Crippen LogP contribution >= 0.6 is 11.6 Å². The minimum Gasteiger partial charge on any atom is -0.497 e. The van der Waals surface area contributed by atoms with Gasteiger partial charge in [-0.2, -0.15) is 0 Å². The highest BCUT2D eigenvalue weighted by atomic mass is 35.5. The maximum atomic E-state index is 12.1. The molecule has 0 spiro atoms. The lowest BCUT2D eigenvalue weighted by Crippen LogP contribution is -2.29. The molecule has 0 saturated carbocycles. The largest absolute Gasteiger partial charge is 0.497 e. The zero-order valence-corrected chi connectivity index (χ0v) is 13.3. The molecule has 5 heteroatoms. The van der Waals surface area contributed by atoms with Crippen LogP contribution in [0.25, 0.3) is 0 Å². The second-order valence-corrected chi connectivity index (χ2v) is 5.15. The summed E-state index contributed by atoms with van der Waals surface area (Å²) in [5.41, 5.74) is 1.50. The average Bonchev–Trinajstić information content (AvgIpc) is 2.56. The van der Waals surface area contributed by atoms with Crippen LogP contribution in [0.5, 0.6) is 5.75 Å². The molecule has 0 fully saturated rings. The first-order valence-corrected chi connectivity index (χ1v) is 7.22. The molecule has 2 aromatic rings. The summed E-state index contributed by atoms with van der Waals surface area (Å²) in [5.74, 6) is 0.588. The standard InChI is InChI=1S/C17H18ClNO3/c1-21-15-5-3-4-13(10-15)16(22-2)11-19-17(20)12-6-8-14(18)9-7-12/h3-10,16H,11H2,1-2H3,(H,19,20). The summed E-state index contributed by atoms with van der Waals surface area (Å²) in [6, 6.07) is 14.3. The molecule has 0 aromatic heterocycles. The SMILES string of the molecule is COc1cccc(C(CNC(=O)c2ccc(Cl)cc2)OC)c1. The Morgan fingerprint density at radius 3 is 2.55 bits per heavy atom. The van der Waals surface area contributed by atoms with Gasteiger partial charge in [0.15, 0.2) is 0 Å². The van der Waals surface area contributed by atoms with E-state index >= 15 is 0 Å². The third kappa shape index (κ3) is 4.23. The van der Waals surface area contributed by atoms with Crippen molar-refractivity contribution < 1.29 is 14.3 Å². The molecule has 1 unspecified atom stereocenters. The van der Waals surface area contributed by atoms with Crippen LogP contribution in [0.2, 0.25) is 5.02 Å². The van der Waals surface area contributed by atoms with Crippen LogP contribution in [0.3, 0.4) is 0 Å². The van der Waals surface area contributed by atoms with E-state index in [1.54, 1.807) is 38.5 Å². The van der Waals surface area contributed by atoms with Crippen LogP contribution < -0.4 is 10.1 Å². The van der Waals surface area contributed by atoms with Crippen LogP contribution in [-0.4, -0.2) is 26.7 Å². The molecule has 2 rings (SSSR count). The van der Waals surface area contributed by atoms with Gasteiger partial charge in [-0.3, -0.25) is 4.79 Å². The van der Waals surface area contributed by atoms with Gasteiger partial charge in [0.25, 0.3) is 5.91 Å². The quantitative estimate of drug-likeness (QED) is 0.887. The number of ether oxygens (including phenoxy) is 2. The number of hydrogen-bond donors (Lipinski definition) is 1. The molecular formula is C17H18ClNO3. The molecule has 0 saturated heterocycles. The van der Waals surface area contributed by atoms with E-state index in [-0.39, 0.29) is 12.0 Å². The lowest BCUT2D eigenvalue weighted by atomic mass is 10.1. The predicted molar refractivity (Wildman–Crippen MR) is 86.5 cm³/mol. The van der Waals surface area contributed by atoms with Gasteiger partial charge in [-0.05, 0) is 42.0 Å². The highest BCUT2D eigenvalue weighted by molar-refractivity contribution is 6.30. The van der Waals surface area contributed by atoms with Crippen molar-refractivity contribution in [2.24, 2.45) is 0 Å². The second kappa shape index (κ2) is 7.82. The zero-order valence-electron chi connectivity index (χ0n) is 12.5. The fourth-order valence-electron chi connectivity index (χ4n) is 2.07. The van der Waals surface area contributed by atoms with E-state index in [1.807, 2.05) is 24.3 Å². The number of carbonyl (C=O) groups excluding carboxylic acids is 1. The fourth-order valence-corrected chi connectivity index (χ4v) is 2.19. The first-order valence-electron chi connectivity index (χ1n) is 6.84. The Bertz CT molecular complexity index is 628. The molecule has 0 radical (unpaired) electrons. The van der Waals surface area contributed by atoms with Gasteiger partial charge >= 0.3 is 0 Å². The first kappa shape index (κ1) is 16.3. The summed E-state index contributed by atoms with van der Waals surface area (Å²) < 4.78 is 10.7. The molecule has 0 aliphatic rings. The number of rotatable bonds is 6. The van der Waals surface area contributed by atoms with Crippen molar-refractivity contribution in [2.75, 3.05) is 20.8 Å². The molecule has 1 amide bonds. The van der Waals surface area contributed by atoms with Crippen molar-refractivity contribution in [1.29, 1.82) is 0 Å². The molecule has 0 aliphatic heterocycles. The van der Waals surface area contributed by atoms with Gasteiger partial charge in [0.05, 0.1) is 13.2 Å². The average molecular weight is 320 g/mol. The lowest BCUT2D eigenvalue weighted by Gasteiger charge is -2.17. The van der Waals surface area contributed by atoms with E-state index < -0.39 is 0 Å². The molecule has 2 aromatic carbocycles.